The van der Waals surface area contributed by atoms with E-state index in [0.717, 1.165) is 25.7 Å². The maximum atomic E-state index is 12.3. The molecule has 0 aromatic heterocycles. The molecule has 1 unspecified atom stereocenters. The number of Topliss-reactive ketones (excluding diaryl/α,β-unsaturated/α-hetero) is 2. The van der Waals surface area contributed by atoms with Gasteiger partial charge in [-0.05, 0) is 51.9 Å². The molecule has 172 valence electrons. The van der Waals surface area contributed by atoms with E-state index in [0.29, 0.717) is 32.1 Å². The highest BCUT2D eigenvalue weighted by Gasteiger charge is 2.40. The van der Waals surface area contributed by atoms with Crippen LogP contribution in [0, 0.1) is 11.8 Å². The molecule has 1 aliphatic carbocycles. The van der Waals surface area contributed by atoms with Gasteiger partial charge in [-0.15, -0.1) is 0 Å². The normalized spacial score (nSPS) is 21.6. The number of rotatable bonds is 16. The zero-order valence-corrected chi connectivity index (χ0v) is 19.2. The minimum atomic E-state index is -0.626. The van der Waals surface area contributed by atoms with Gasteiger partial charge < -0.3 is 9.84 Å². The summed E-state index contributed by atoms with van der Waals surface area (Å²) >= 11 is 0. The first kappa shape index (κ1) is 26.5. The summed E-state index contributed by atoms with van der Waals surface area (Å²) in [6, 6.07) is 0. The van der Waals surface area contributed by atoms with Crippen LogP contribution in [-0.2, 0) is 19.1 Å². The lowest BCUT2D eigenvalue weighted by Crippen LogP contribution is -2.21. The van der Waals surface area contributed by atoms with E-state index in [1.165, 1.54) is 19.3 Å². The van der Waals surface area contributed by atoms with Crippen LogP contribution in [0.25, 0.3) is 0 Å². The molecule has 1 fully saturated rings. The monoisotopic (exact) mass is 422 g/mol. The van der Waals surface area contributed by atoms with E-state index in [1.807, 2.05) is 26.0 Å². The van der Waals surface area contributed by atoms with Gasteiger partial charge in [0.25, 0.3) is 0 Å². The minimum Gasteiger partial charge on any atom is -0.463 e. The van der Waals surface area contributed by atoms with Gasteiger partial charge in [0.1, 0.15) is 11.6 Å². The molecule has 0 aromatic carbocycles. The van der Waals surface area contributed by atoms with Crippen LogP contribution in [0.1, 0.15) is 104 Å². The van der Waals surface area contributed by atoms with Gasteiger partial charge in [-0.25, -0.2) is 0 Å². The van der Waals surface area contributed by atoms with Gasteiger partial charge in [0, 0.05) is 31.6 Å². The molecule has 0 saturated heterocycles. The lowest BCUT2D eigenvalue weighted by molar-refractivity contribution is -0.147. The number of carbonyl (C=O) groups is 3. The molecule has 1 saturated carbocycles. The van der Waals surface area contributed by atoms with Crippen LogP contribution in [0.4, 0.5) is 0 Å². The van der Waals surface area contributed by atoms with Crippen molar-refractivity contribution >= 4 is 17.5 Å². The number of carbonyl (C=O) groups excluding carboxylic acids is 3. The third-order valence-corrected chi connectivity index (χ3v) is 5.83. The number of aliphatic hydroxyl groups is 1. The summed E-state index contributed by atoms with van der Waals surface area (Å²) in [6.45, 7) is 5.85. The number of hydrogen-bond donors (Lipinski definition) is 1. The summed E-state index contributed by atoms with van der Waals surface area (Å²) in [7, 11) is 0. The number of allylic oxidation sites excluding steroid dienone is 2. The molecule has 0 radical (unpaired) electrons. The lowest BCUT2D eigenvalue weighted by atomic mass is 9.86. The quantitative estimate of drug-likeness (QED) is 0.206. The van der Waals surface area contributed by atoms with Crippen LogP contribution >= 0.6 is 0 Å². The summed E-state index contributed by atoms with van der Waals surface area (Å²) in [6.07, 6.45) is 13.3. The van der Waals surface area contributed by atoms with Gasteiger partial charge in [-0.3, -0.25) is 14.4 Å². The maximum absolute atomic E-state index is 12.3. The highest BCUT2D eigenvalue weighted by Crippen LogP contribution is 2.35. The van der Waals surface area contributed by atoms with Crippen LogP contribution < -0.4 is 0 Å². The van der Waals surface area contributed by atoms with Crippen molar-refractivity contribution in [2.24, 2.45) is 11.8 Å². The van der Waals surface area contributed by atoms with E-state index in [1.54, 1.807) is 0 Å². The summed E-state index contributed by atoms with van der Waals surface area (Å²) in [4.78, 5) is 36.0. The van der Waals surface area contributed by atoms with Gasteiger partial charge in [-0.1, -0.05) is 44.8 Å². The van der Waals surface area contributed by atoms with Crippen LogP contribution in [0.2, 0.25) is 0 Å². The largest absolute Gasteiger partial charge is 0.463 e. The molecule has 0 aromatic rings. The second-order valence-corrected chi connectivity index (χ2v) is 8.89. The smallest absolute Gasteiger partial charge is 0.306 e. The summed E-state index contributed by atoms with van der Waals surface area (Å²) in [5.74, 6) is -0.139. The van der Waals surface area contributed by atoms with Crippen molar-refractivity contribution in [1.82, 2.24) is 0 Å². The summed E-state index contributed by atoms with van der Waals surface area (Å²) in [5.41, 5.74) is 0. The summed E-state index contributed by atoms with van der Waals surface area (Å²) < 4.78 is 5.10. The molecule has 1 aliphatic rings. The molecule has 0 bridgehead atoms. The Hall–Kier alpha value is -1.49. The van der Waals surface area contributed by atoms with E-state index >= 15 is 0 Å². The molecule has 5 nitrogen and oxygen atoms in total. The zero-order valence-electron chi connectivity index (χ0n) is 19.2. The topological polar surface area (TPSA) is 80.7 Å². The Morgan fingerprint density at radius 3 is 2.50 bits per heavy atom. The highest BCUT2D eigenvalue weighted by atomic mass is 16.5. The lowest BCUT2D eigenvalue weighted by Gasteiger charge is -2.19. The molecule has 1 rings (SSSR count). The molecule has 1 N–H and O–H groups in total. The van der Waals surface area contributed by atoms with Gasteiger partial charge in [-0.2, -0.15) is 0 Å². The third kappa shape index (κ3) is 11.1. The second-order valence-electron chi connectivity index (χ2n) is 8.89. The third-order valence-electron chi connectivity index (χ3n) is 5.83. The number of hydrogen-bond acceptors (Lipinski definition) is 5. The number of ketones is 2. The minimum absolute atomic E-state index is 0.0854. The fraction of sp³-hybridized carbons (Fsp3) is 0.800. The first-order valence-electron chi connectivity index (χ1n) is 11.9. The number of unbranched alkanes of at least 4 members (excludes halogenated alkanes) is 5. The number of esters is 1. The average Bonchev–Trinajstić information content (AvgIpc) is 2.94. The molecule has 5 heteroatoms. The van der Waals surface area contributed by atoms with Gasteiger partial charge in [0.2, 0.25) is 0 Å². The van der Waals surface area contributed by atoms with Crippen molar-refractivity contribution in [3.05, 3.63) is 12.2 Å². The zero-order chi connectivity index (χ0) is 22.4. The van der Waals surface area contributed by atoms with Crippen molar-refractivity contribution in [3.63, 3.8) is 0 Å². The Bertz CT molecular complexity index is 552. The van der Waals surface area contributed by atoms with Crippen molar-refractivity contribution in [2.75, 3.05) is 0 Å². The number of ether oxygens (including phenoxy) is 1. The molecule has 3 atom stereocenters. The Labute approximate surface area is 182 Å². The van der Waals surface area contributed by atoms with Crippen molar-refractivity contribution in [1.29, 1.82) is 0 Å². The fourth-order valence-corrected chi connectivity index (χ4v) is 4.14. The van der Waals surface area contributed by atoms with Crippen LogP contribution in [-0.4, -0.2) is 34.9 Å². The molecule has 0 spiro atoms. The Morgan fingerprint density at radius 1 is 1.07 bits per heavy atom. The van der Waals surface area contributed by atoms with E-state index in [2.05, 4.69) is 6.92 Å². The van der Waals surface area contributed by atoms with E-state index in [-0.39, 0.29) is 41.9 Å². The maximum Gasteiger partial charge on any atom is 0.306 e. The molecular formula is C25H42O5. The van der Waals surface area contributed by atoms with Crippen molar-refractivity contribution < 1.29 is 24.2 Å². The standard InChI is InChI=1S/C25H42O5/c1-4-5-6-7-10-13-20(26)16-17-22-21(23(27)18-24(22)28)14-11-8-9-12-15-25(29)30-19(2)3/h8,11,19,21-22,24,28H,4-7,9-10,12-18H2,1-3H3/t21-,22-,24?/m1/s1. The molecule has 0 aliphatic heterocycles. The van der Waals surface area contributed by atoms with Crippen molar-refractivity contribution in [2.45, 2.75) is 116 Å². The van der Waals surface area contributed by atoms with Crippen molar-refractivity contribution in [3.8, 4) is 0 Å². The first-order valence-corrected chi connectivity index (χ1v) is 11.9. The van der Waals surface area contributed by atoms with Crippen LogP contribution in [0.5, 0.6) is 0 Å². The fourth-order valence-electron chi connectivity index (χ4n) is 4.14. The predicted molar refractivity (Wildman–Crippen MR) is 119 cm³/mol. The SMILES string of the molecule is CCCCCCCC(=O)CC[C@H]1C(O)CC(=O)[C@@H]1CC=CCCCC(=O)OC(C)C. The Morgan fingerprint density at radius 2 is 1.80 bits per heavy atom. The average molecular weight is 423 g/mol. The highest BCUT2D eigenvalue weighted by molar-refractivity contribution is 5.84. The predicted octanol–water partition coefficient (Wildman–Crippen LogP) is 5.33. The Balaban J connectivity index is 2.31. The Kier molecular flexibility index (Phi) is 13.6. The molecule has 0 heterocycles. The van der Waals surface area contributed by atoms with E-state index in [4.69, 9.17) is 4.74 Å². The van der Waals surface area contributed by atoms with Gasteiger partial charge >= 0.3 is 5.97 Å². The first-order chi connectivity index (χ1) is 14.3. The van der Waals surface area contributed by atoms with E-state index in [9.17, 15) is 19.5 Å². The molecule has 0 amide bonds. The summed E-state index contributed by atoms with van der Waals surface area (Å²) in [5, 5.41) is 10.3. The molecular weight excluding hydrogens is 380 g/mol. The van der Waals surface area contributed by atoms with Gasteiger partial charge in [0.05, 0.1) is 12.2 Å². The second kappa shape index (κ2) is 15.3. The number of aliphatic hydroxyl groups excluding tert-OH is 1. The van der Waals surface area contributed by atoms with Gasteiger partial charge in [0.15, 0.2) is 0 Å². The molecule has 30 heavy (non-hydrogen) atoms. The van der Waals surface area contributed by atoms with E-state index < -0.39 is 6.10 Å². The van der Waals surface area contributed by atoms with Crippen LogP contribution in [0.15, 0.2) is 12.2 Å². The van der Waals surface area contributed by atoms with Crippen LogP contribution in [0.3, 0.4) is 0 Å².